The Balaban J connectivity index is 1.42. The zero-order valence-electron chi connectivity index (χ0n) is 17.9. The number of aryl methyl sites for hydroxylation is 1. The van der Waals surface area contributed by atoms with Crippen molar-refractivity contribution in [3.8, 4) is 11.8 Å². The quantitative estimate of drug-likeness (QED) is 0.684. The normalized spacial score (nSPS) is 14.3. The Bertz CT molecular complexity index is 1130. The second-order valence-electron chi connectivity index (χ2n) is 7.98. The van der Waals surface area contributed by atoms with E-state index in [-0.39, 0.29) is 11.8 Å². The minimum absolute atomic E-state index is 0.0186. The van der Waals surface area contributed by atoms with Gasteiger partial charge in [0.1, 0.15) is 11.8 Å². The van der Waals surface area contributed by atoms with Crippen molar-refractivity contribution in [1.82, 2.24) is 10.3 Å². The van der Waals surface area contributed by atoms with Gasteiger partial charge in [-0.1, -0.05) is 23.8 Å². The summed E-state index contributed by atoms with van der Waals surface area (Å²) >= 11 is 0. The molecule has 0 saturated carbocycles. The van der Waals surface area contributed by atoms with E-state index in [0.29, 0.717) is 12.1 Å². The molecule has 1 saturated heterocycles. The van der Waals surface area contributed by atoms with Crippen LogP contribution in [0, 0.1) is 24.2 Å². The first kappa shape index (κ1) is 20.7. The Labute approximate surface area is 182 Å². The van der Waals surface area contributed by atoms with Crippen LogP contribution in [0.5, 0.6) is 5.75 Å². The van der Waals surface area contributed by atoms with E-state index in [4.69, 9.17) is 4.74 Å². The predicted octanol–water partition coefficient (Wildman–Crippen LogP) is 3.96. The highest BCUT2D eigenvalue weighted by atomic mass is 16.5. The molecule has 6 nitrogen and oxygen atoms in total. The van der Waals surface area contributed by atoms with Gasteiger partial charge in [0.2, 0.25) is 5.91 Å². The van der Waals surface area contributed by atoms with Gasteiger partial charge < -0.3 is 15.0 Å². The number of hydrogen-bond donors (Lipinski definition) is 1. The molecule has 0 aliphatic carbocycles. The molecule has 1 N–H and O–H groups in total. The number of nitriles is 1. The molecule has 6 heteroatoms. The van der Waals surface area contributed by atoms with Crippen molar-refractivity contribution < 1.29 is 9.53 Å². The highest BCUT2D eigenvalue weighted by molar-refractivity contribution is 5.95. The van der Waals surface area contributed by atoms with Crippen molar-refractivity contribution >= 4 is 22.5 Å². The molecule has 1 fully saturated rings. The number of amides is 1. The van der Waals surface area contributed by atoms with Crippen molar-refractivity contribution in [2.75, 3.05) is 25.1 Å². The van der Waals surface area contributed by atoms with Gasteiger partial charge in [0.25, 0.3) is 0 Å². The number of nitrogens with one attached hydrogen (secondary N) is 1. The summed E-state index contributed by atoms with van der Waals surface area (Å²) in [6.07, 6.45) is 3.17. The number of ether oxygens (including phenoxy) is 1. The molecule has 3 aromatic rings. The van der Waals surface area contributed by atoms with Crippen molar-refractivity contribution in [3.63, 3.8) is 0 Å². The first-order valence-electron chi connectivity index (χ1n) is 10.5. The lowest BCUT2D eigenvalue weighted by Crippen LogP contribution is -2.40. The third-order valence-electron chi connectivity index (χ3n) is 5.92. The maximum Gasteiger partial charge on any atom is 0.223 e. The average Bonchev–Trinajstić information content (AvgIpc) is 2.82. The number of fused-ring (bicyclic) bond motifs is 1. The van der Waals surface area contributed by atoms with Crippen molar-refractivity contribution in [2.24, 2.45) is 5.92 Å². The zero-order valence-corrected chi connectivity index (χ0v) is 17.9. The number of hydrogen-bond acceptors (Lipinski definition) is 5. The summed E-state index contributed by atoms with van der Waals surface area (Å²) in [6.45, 7) is 4.03. The lowest BCUT2D eigenvalue weighted by Gasteiger charge is -2.34. The van der Waals surface area contributed by atoms with Gasteiger partial charge in [0.15, 0.2) is 0 Å². The van der Waals surface area contributed by atoms with E-state index in [1.807, 2.05) is 43.3 Å². The van der Waals surface area contributed by atoms with Crippen molar-refractivity contribution in [2.45, 2.75) is 26.3 Å². The summed E-state index contributed by atoms with van der Waals surface area (Å²) in [5.74, 6) is 0.874. The third-order valence-corrected chi connectivity index (χ3v) is 5.92. The molecule has 1 aliphatic heterocycles. The summed E-state index contributed by atoms with van der Waals surface area (Å²) < 4.78 is 5.17. The van der Waals surface area contributed by atoms with Gasteiger partial charge >= 0.3 is 0 Å². The van der Waals surface area contributed by atoms with E-state index in [1.165, 1.54) is 0 Å². The summed E-state index contributed by atoms with van der Waals surface area (Å²) in [6, 6.07) is 16.1. The molecule has 0 spiro atoms. The lowest BCUT2D eigenvalue weighted by molar-refractivity contribution is -0.125. The fraction of sp³-hybridized carbons (Fsp3) is 0.320. The van der Waals surface area contributed by atoms with Gasteiger partial charge in [-0.2, -0.15) is 5.26 Å². The number of methoxy groups -OCH3 is 1. The monoisotopic (exact) mass is 414 g/mol. The third kappa shape index (κ3) is 4.46. The van der Waals surface area contributed by atoms with E-state index in [1.54, 1.807) is 13.3 Å². The number of aromatic nitrogens is 1. The van der Waals surface area contributed by atoms with E-state index < -0.39 is 0 Å². The number of anilines is 1. The van der Waals surface area contributed by atoms with E-state index >= 15 is 0 Å². The van der Waals surface area contributed by atoms with Crippen LogP contribution in [0.3, 0.4) is 0 Å². The second kappa shape index (κ2) is 9.05. The van der Waals surface area contributed by atoms with Gasteiger partial charge in [-0.15, -0.1) is 0 Å². The summed E-state index contributed by atoms with van der Waals surface area (Å²) in [5.41, 5.74) is 4.59. The predicted molar refractivity (Wildman–Crippen MR) is 121 cm³/mol. The summed E-state index contributed by atoms with van der Waals surface area (Å²) in [7, 11) is 1.64. The SMILES string of the molecule is COc1ccc(CNC(=O)C2CCN(c3c(C#N)cnc4ccc(C)cc34)CC2)cc1. The average molecular weight is 415 g/mol. The summed E-state index contributed by atoms with van der Waals surface area (Å²) in [5, 5.41) is 13.7. The molecule has 2 aromatic carbocycles. The van der Waals surface area contributed by atoms with E-state index in [2.05, 4.69) is 27.3 Å². The van der Waals surface area contributed by atoms with Crippen molar-refractivity contribution in [1.29, 1.82) is 5.26 Å². The molecule has 1 aliphatic rings. The van der Waals surface area contributed by atoms with Crippen LogP contribution >= 0.6 is 0 Å². The second-order valence-corrected chi connectivity index (χ2v) is 7.98. The topological polar surface area (TPSA) is 78.2 Å². The number of carbonyl (C=O) groups excluding carboxylic acids is 1. The van der Waals surface area contributed by atoms with E-state index in [9.17, 15) is 10.1 Å². The fourth-order valence-electron chi connectivity index (χ4n) is 4.16. The number of benzene rings is 2. The molecular formula is C25H26N4O2. The minimum Gasteiger partial charge on any atom is -0.497 e. The largest absolute Gasteiger partial charge is 0.497 e. The van der Waals surface area contributed by atoms with Crippen LogP contribution in [0.15, 0.2) is 48.7 Å². The number of nitrogens with zero attached hydrogens (tertiary/aromatic N) is 3. The first-order valence-corrected chi connectivity index (χ1v) is 10.5. The van der Waals surface area contributed by atoms with Crippen LogP contribution in [0.1, 0.15) is 29.5 Å². The molecule has 158 valence electrons. The fourth-order valence-corrected chi connectivity index (χ4v) is 4.16. The summed E-state index contributed by atoms with van der Waals surface area (Å²) in [4.78, 5) is 19.4. The van der Waals surface area contributed by atoms with Crippen molar-refractivity contribution in [3.05, 3.63) is 65.4 Å². The number of carbonyl (C=O) groups is 1. The smallest absolute Gasteiger partial charge is 0.223 e. The lowest BCUT2D eigenvalue weighted by atomic mass is 9.94. The molecule has 0 radical (unpaired) electrons. The molecule has 2 heterocycles. The molecule has 31 heavy (non-hydrogen) atoms. The molecule has 0 unspecified atom stereocenters. The standard InChI is InChI=1S/C25H26N4O2/c1-17-3-8-23-22(13-17)24(20(14-26)16-27-23)29-11-9-19(10-12-29)25(30)28-15-18-4-6-21(31-2)7-5-18/h3-8,13,16,19H,9-12,15H2,1-2H3,(H,28,30). The molecule has 0 atom stereocenters. The molecular weight excluding hydrogens is 388 g/mol. The van der Waals surface area contributed by atoms with Crippen LogP contribution in [0.25, 0.3) is 10.9 Å². The van der Waals surface area contributed by atoms with Crippen LogP contribution in [0.4, 0.5) is 5.69 Å². The van der Waals surface area contributed by atoms with Crippen LogP contribution in [0.2, 0.25) is 0 Å². The van der Waals surface area contributed by atoms with Gasteiger partial charge in [-0.25, -0.2) is 0 Å². The Morgan fingerprint density at radius 3 is 2.65 bits per heavy atom. The van der Waals surface area contributed by atoms with Gasteiger partial charge in [-0.05, 0) is 49.6 Å². The Morgan fingerprint density at radius 1 is 1.23 bits per heavy atom. The molecule has 0 bridgehead atoms. The Morgan fingerprint density at radius 2 is 1.97 bits per heavy atom. The van der Waals surface area contributed by atoms with Crippen LogP contribution in [-0.4, -0.2) is 31.1 Å². The molecule has 1 aromatic heterocycles. The maximum absolute atomic E-state index is 12.7. The molecule has 4 rings (SSSR count). The Hall–Kier alpha value is -3.59. The van der Waals surface area contributed by atoms with E-state index in [0.717, 1.165) is 59.4 Å². The first-order chi connectivity index (χ1) is 15.1. The van der Waals surface area contributed by atoms with Gasteiger partial charge in [0.05, 0.1) is 23.9 Å². The van der Waals surface area contributed by atoms with Crippen LogP contribution in [-0.2, 0) is 11.3 Å². The van der Waals surface area contributed by atoms with Gasteiger partial charge in [0, 0.05) is 37.1 Å². The number of pyridine rings is 1. The highest BCUT2D eigenvalue weighted by Crippen LogP contribution is 2.33. The number of rotatable bonds is 5. The minimum atomic E-state index is -0.0186. The number of piperidine rings is 1. The van der Waals surface area contributed by atoms with Crippen LogP contribution < -0.4 is 15.0 Å². The van der Waals surface area contributed by atoms with Gasteiger partial charge in [-0.3, -0.25) is 9.78 Å². The highest BCUT2D eigenvalue weighted by Gasteiger charge is 2.27. The zero-order chi connectivity index (χ0) is 21.8. The maximum atomic E-state index is 12.7. The Kier molecular flexibility index (Phi) is 6.03. The molecule has 1 amide bonds.